The van der Waals surface area contributed by atoms with Gasteiger partial charge in [0, 0.05) is 30.1 Å². The fourth-order valence-corrected chi connectivity index (χ4v) is 5.09. The molecule has 4 fully saturated rings. The van der Waals surface area contributed by atoms with E-state index in [0.717, 1.165) is 24.8 Å². The van der Waals surface area contributed by atoms with Crippen molar-refractivity contribution in [3.05, 3.63) is 42.1 Å². The van der Waals surface area contributed by atoms with E-state index in [0.29, 0.717) is 11.3 Å². The lowest BCUT2D eigenvalue weighted by molar-refractivity contribution is -0.357. The van der Waals surface area contributed by atoms with Crippen molar-refractivity contribution in [3.8, 4) is 11.3 Å². The van der Waals surface area contributed by atoms with Crippen molar-refractivity contribution >= 4 is 5.91 Å². The number of amides is 1. The Balaban J connectivity index is 1.08. The summed E-state index contributed by atoms with van der Waals surface area (Å²) in [6.45, 7) is 1.54. The van der Waals surface area contributed by atoms with E-state index < -0.39 is 12.5 Å². The van der Waals surface area contributed by atoms with Gasteiger partial charge in [-0.15, -0.1) is 13.2 Å². The summed E-state index contributed by atoms with van der Waals surface area (Å²) < 4.78 is 61.6. The number of carbonyl (C=O) groups is 1. The van der Waals surface area contributed by atoms with E-state index >= 15 is 0 Å². The number of halogens is 4. The quantitative estimate of drug-likeness (QED) is 0.648. The summed E-state index contributed by atoms with van der Waals surface area (Å²) in [5.41, 5.74) is 1.66. The van der Waals surface area contributed by atoms with Crippen LogP contribution in [0.3, 0.4) is 0 Å². The summed E-state index contributed by atoms with van der Waals surface area (Å²) in [6.07, 6.45) is 0.327. The summed E-state index contributed by atoms with van der Waals surface area (Å²) >= 11 is 0. The highest BCUT2D eigenvalue weighted by Gasteiger charge is 2.69. The van der Waals surface area contributed by atoms with E-state index in [1.54, 1.807) is 19.3 Å². The van der Waals surface area contributed by atoms with Crippen molar-refractivity contribution in [1.82, 2.24) is 14.9 Å². The second-order valence-electron chi connectivity index (χ2n) is 9.30. The first-order valence-corrected chi connectivity index (χ1v) is 10.5. The average molecular weight is 453 g/mol. The van der Waals surface area contributed by atoms with Crippen LogP contribution in [-0.4, -0.2) is 46.2 Å². The maximum absolute atomic E-state index is 13.8. The van der Waals surface area contributed by atoms with Gasteiger partial charge in [0.05, 0.1) is 29.8 Å². The monoisotopic (exact) mass is 453 g/mol. The number of nitrogens with one attached hydrogen (secondary N) is 1. The molecule has 0 radical (unpaired) electrons. The number of carbonyl (C=O) groups excluding carboxylic acids is 1. The second-order valence-corrected chi connectivity index (χ2v) is 9.30. The SMILES string of the molecule is Cc1ccc(-c2cn(C34CC(NC(=O)COC5CC(OC(F)(F)F)C5)(C3)C4)cn2)cc1F. The van der Waals surface area contributed by atoms with Gasteiger partial charge in [0.1, 0.15) is 12.4 Å². The predicted molar refractivity (Wildman–Crippen MR) is 105 cm³/mol. The highest BCUT2D eigenvalue weighted by molar-refractivity contribution is 5.79. The molecule has 6 nitrogen and oxygen atoms in total. The minimum Gasteiger partial charge on any atom is -0.368 e. The van der Waals surface area contributed by atoms with Gasteiger partial charge in [0.2, 0.25) is 5.91 Å². The molecule has 6 rings (SSSR count). The van der Waals surface area contributed by atoms with Crippen LogP contribution >= 0.6 is 0 Å². The highest BCUT2D eigenvalue weighted by atomic mass is 19.4. The first-order chi connectivity index (χ1) is 15.0. The zero-order chi connectivity index (χ0) is 22.7. The van der Waals surface area contributed by atoms with Gasteiger partial charge in [0.15, 0.2) is 0 Å². The number of alkyl halides is 3. The molecule has 4 aliphatic rings. The van der Waals surface area contributed by atoms with Crippen LogP contribution in [0.2, 0.25) is 0 Å². The first-order valence-electron chi connectivity index (χ1n) is 10.5. The number of hydrogen-bond donors (Lipinski definition) is 1. The van der Waals surface area contributed by atoms with Crippen LogP contribution in [0.1, 0.15) is 37.7 Å². The van der Waals surface area contributed by atoms with Crippen LogP contribution in [-0.2, 0) is 19.8 Å². The van der Waals surface area contributed by atoms with Gasteiger partial charge < -0.3 is 14.6 Å². The van der Waals surface area contributed by atoms with Crippen molar-refractivity contribution < 1.29 is 31.8 Å². The Bertz CT molecular complexity index is 1030. The minimum atomic E-state index is -4.64. The number of ether oxygens (including phenoxy) is 2. The molecule has 1 N–H and O–H groups in total. The van der Waals surface area contributed by atoms with Gasteiger partial charge in [0.25, 0.3) is 0 Å². The molecule has 0 atom stereocenters. The molecule has 1 aromatic carbocycles. The topological polar surface area (TPSA) is 65.4 Å². The molecule has 0 saturated heterocycles. The molecular formula is C22H23F4N3O3. The summed E-state index contributed by atoms with van der Waals surface area (Å²) in [6, 6.07) is 5.05. The molecule has 0 spiro atoms. The summed E-state index contributed by atoms with van der Waals surface area (Å²) in [5, 5.41) is 3.00. The Morgan fingerprint density at radius 3 is 2.62 bits per heavy atom. The van der Waals surface area contributed by atoms with Crippen LogP contribution in [0.15, 0.2) is 30.7 Å². The lowest BCUT2D eigenvalue weighted by Crippen LogP contribution is -2.78. The predicted octanol–water partition coefficient (Wildman–Crippen LogP) is 3.83. The molecule has 0 unspecified atom stereocenters. The van der Waals surface area contributed by atoms with Gasteiger partial charge in [-0.25, -0.2) is 9.37 Å². The number of aromatic nitrogens is 2. The molecule has 1 heterocycles. The summed E-state index contributed by atoms with van der Waals surface area (Å²) in [7, 11) is 0. The van der Waals surface area contributed by atoms with Crippen LogP contribution in [0.5, 0.6) is 0 Å². The van der Waals surface area contributed by atoms with Gasteiger partial charge in [-0.2, -0.15) is 0 Å². The highest BCUT2D eigenvalue weighted by Crippen LogP contribution is 2.65. The molecule has 0 aliphatic heterocycles. The van der Waals surface area contributed by atoms with E-state index in [4.69, 9.17) is 4.74 Å². The molecule has 1 aromatic heterocycles. The summed E-state index contributed by atoms with van der Waals surface area (Å²) in [5.74, 6) is -0.531. The molecule has 2 bridgehead atoms. The molecule has 32 heavy (non-hydrogen) atoms. The lowest BCUT2D eigenvalue weighted by Gasteiger charge is -2.70. The third kappa shape index (κ3) is 3.90. The zero-order valence-electron chi connectivity index (χ0n) is 17.4. The molecular weight excluding hydrogens is 430 g/mol. The Morgan fingerprint density at radius 1 is 1.25 bits per heavy atom. The van der Waals surface area contributed by atoms with Gasteiger partial charge in [-0.3, -0.25) is 9.53 Å². The van der Waals surface area contributed by atoms with E-state index in [1.807, 2.05) is 16.8 Å². The lowest BCUT2D eigenvalue weighted by atomic mass is 9.44. The summed E-state index contributed by atoms with van der Waals surface area (Å²) in [4.78, 5) is 16.6. The van der Waals surface area contributed by atoms with Crippen molar-refractivity contribution in [3.63, 3.8) is 0 Å². The van der Waals surface area contributed by atoms with E-state index in [2.05, 4.69) is 15.0 Å². The van der Waals surface area contributed by atoms with Crippen LogP contribution < -0.4 is 5.32 Å². The van der Waals surface area contributed by atoms with Crippen LogP contribution in [0.4, 0.5) is 17.6 Å². The van der Waals surface area contributed by atoms with E-state index in [9.17, 15) is 22.4 Å². The zero-order valence-corrected chi connectivity index (χ0v) is 17.4. The smallest absolute Gasteiger partial charge is 0.368 e. The largest absolute Gasteiger partial charge is 0.522 e. The number of hydrogen-bond acceptors (Lipinski definition) is 4. The Kier molecular flexibility index (Phi) is 4.86. The number of imidazole rings is 1. The molecule has 2 aromatic rings. The van der Waals surface area contributed by atoms with Crippen LogP contribution in [0, 0.1) is 12.7 Å². The maximum atomic E-state index is 13.8. The van der Waals surface area contributed by atoms with E-state index in [1.165, 1.54) is 6.07 Å². The fraction of sp³-hybridized carbons (Fsp3) is 0.545. The molecule has 1 amide bonds. The number of rotatable bonds is 7. The molecule has 10 heteroatoms. The first kappa shape index (κ1) is 21.4. The second kappa shape index (κ2) is 7.28. The van der Waals surface area contributed by atoms with Gasteiger partial charge >= 0.3 is 6.36 Å². The Hall–Kier alpha value is -2.46. The van der Waals surface area contributed by atoms with Crippen molar-refractivity contribution in [2.75, 3.05) is 6.61 Å². The normalized spacial score (nSPS) is 30.8. The Labute approximate surface area is 181 Å². The van der Waals surface area contributed by atoms with Crippen LogP contribution in [0.25, 0.3) is 11.3 Å². The maximum Gasteiger partial charge on any atom is 0.522 e. The van der Waals surface area contributed by atoms with Crippen molar-refractivity contribution in [2.24, 2.45) is 0 Å². The standard InChI is InChI=1S/C22H23F4N3O3/c1-13-2-3-14(4-17(13)23)18-7-29(12-27-18)21-9-20(10-21,11-21)28-19(30)8-31-15-5-16(6-15)32-22(24,25)26/h2-4,7,12,15-16H,5-6,8-11H2,1H3,(H,28,30). The fourth-order valence-electron chi connectivity index (χ4n) is 5.09. The van der Waals surface area contributed by atoms with Crippen molar-refractivity contribution in [2.45, 2.75) is 68.7 Å². The number of benzene rings is 1. The third-order valence-corrected chi connectivity index (χ3v) is 6.81. The molecule has 172 valence electrons. The van der Waals surface area contributed by atoms with Gasteiger partial charge in [-0.05, 0) is 37.8 Å². The molecule has 4 saturated carbocycles. The average Bonchev–Trinajstić information content (AvgIpc) is 3.10. The Morgan fingerprint density at radius 2 is 1.97 bits per heavy atom. The van der Waals surface area contributed by atoms with Gasteiger partial charge in [-0.1, -0.05) is 12.1 Å². The van der Waals surface area contributed by atoms with Crippen molar-refractivity contribution in [1.29, 1.82) is 0 Å². The van der Waals surface area contributed by atoms with E-state index in [-0.39, 0.29) is 48.4 Å². The number of aryl methyl sites for hydroxylation is 1. The number of nitrogens with zero attached hydrogens (tertiary/aromatic N) is 2. The third-order valence-electron chi connectivity index (χ3n) is 6.81. The molecule has 4 aliphatic carbocycles. The minimum absolute atomic E-state index is 0.0846.